The van der Waals surface area contributed by atoms with Gasteiger partial charge in [-0.3, -0.25) is 9.11 Å². The number of carboxylic acid groups (broad SMARTS) is 1. The van der Waals surface area contributed by atoms with Gasteiger partial charge in [-0.1, -0.05) is 6.92 Å². The Balaban J connectivity index is 2.82. The van der Waals surface area contributed by atoms with E-state index in [-0.39, 0.29) is 5.75 Å². The summed E-state index contributed by atoms with van der Waals surface area (Å²) in [6, 6.07) is -1.09. The number of rotatable bonds is 5. The van der Waals surface area contributed by atoms with E-state index in [2.05, 4.69) is 0 Å². The fourth-order valence-corrected chi connectivity index (χ4v) is 2.43. The Kier molecular flexibility index (Phi) is 3.57. The van der Waals surface area contributed by atoms with Crippen molar-refractivity contribution in [2.24, 2.45) is 0 Å². The average molecular weight is 249 g/mol. The third-order valence-electron chi connectivity index (χ3n) is 2.38. The third-order valence-corrected chi connectivity index (χ3v) is 3.71. The molecule has 0 aromatic heterocycles. The SMILES string of the molecule is CCS(=O)CC(C(=O)O)N1C(=O)OC1(C)C. The molecule has 1 fully saturated rings. The van der Waals surface area contributed by atoms with E-state index in [4.69, 9.17) is 9.84 Å². The number of ether oxygens (including phenoxy) is 1. The van der Waals surface area contributed by atoms with Crippen molar-refractivity contribution in [3.63, 3.8) is 0 Å². The summed E-state index contributed by atoms with van der Waals surface area (Å²) in [4.78, 5) is 23.4. The lowest BCUT2D eigenvalue weighted by Crippen LogP contribution is -2.68. The molecule has 7 heteroatoms. The predicted octanol–water partition coefficient (Wildman–Crippen LogP) is 0.396. The molecule has 16 heavy (non-hydrogen) atoms. The van der Waals surface area contributed by atoms with Crippen molar-refractivity contribution in [1.29, 1.82) is 0 Å². The van der Waals surface area contributed by atoms with Crippen molar-refractivity contribution >= 4 is 22.9 Å². The van der Waals surface area contributed by atoms with Crippen molar-refractivity contribution in [2.45, 2.75) is 32.5 Å². The van der Waals surface area contributed by atoms with Crippen LogP contribution in [0.2, 0.25) is 0 Å². The van der Waals surface area contributed by atoms with Crippen molar-refractivity contribution in [2.75, 3.05) is 11.5 Å². The highest BCUT2D eigenvalue weighted by atomic mass is 32.2. The van der Waals surface area contributed by atoms with Gasteiger partial charge in [-0.15, -0.1) is 0 Å². The number of carbonyl (C=O) groups is 2. The molecule has 1 saturated heterocycles. The topological polar surface area (TPSA) is 83.9 Å². The number of aliphatic carboxylic acids is 1. The van der Waals surface area contributed by atoms with Gasteiger partial charge >= 0.3 is 12.1 Å². The minimum absolute atomic E-state index is 0.0651. The molecule has 0 spiro atoms. The molecule has 0 aromatic carbocycles. The van der Waals surface area contributed by atoms with E-state index in [0.717, 1.165) is 4.90 Å². The first-order valence-corrected chi connectivity index (χ1v) is 6.38. The van der Waals surface area contributed by atoms with Gasteiger partial charge in [0.15, 0.2) is 5.72 Å². The van der Waals surface area contributed by atoms with Gasteiger partial charge in [0.1, 0.15) is 6.04 Å². The maximum atomic E-state index is 11.4. The summed E-state index contributed by atoms with van der Waals surface area (Å²) in [5, 5.41) is 9.02. The zero-order valence-electron chi connectivity index (χ0n) is 9.43. The first-order valence-electron chi connectivity index (χ1n) is 4.89. The number of hydrogen-bond acceptors (Lipinski definition) is 4. The van der Waals surface area contributed by atoms with Crippen LogP contribution in [0.25, 0.3) is 0 Å². The Bertz CT molecular complexity index is 341. The van der Waals surface area contributed by atoms with Gasteiger partial charge in [-0.25, -0.2) is 9.59 Å². The second-order valence-electron chi connectivity index (χ2n) is 3.93. The Morgan fingerprint density at radius 3 is 2.50 bits per heavy atom. The van der Waals surface area contributed by atoms with Gasteiger partial charge in [-0.05, 0) is 13.8 Å². The molecule has 0 aromatic rings. The average Bonchev–Trinajstić information content (AvgIpc) is 2.14. The van der Waals surface area contributed by atoms with Crippen molar-refractivity contribution < 1.29 is 23.6 Å². The smallest absolute Gasteiger partial charge is 0.415 e. The molecule has 1 aliphatic rings. The monoisotopic (exact) mass is 249 g/mol. The van der Waals surface area contributed by atoms with E-state index in [0.29, 0.717) is 5.75 Å². The molecule has 0 aliphatic carbocycles. The van der Waals surface area contributed by atoms with E-state index < -0.39 is 34.6 Å². The molecule has 0 bridgehead atoms. The van der Waals surface area contributed by atoms with Crippen molar-refractivity contribution in [3.8, 4) is 0 Å². The fourth-order valence-electron chi connectivity index (χ4n) is 1.55. The van der Waals surface area contributed by atoms with Gasteiger partial charge in [0, 0.05) is 16.6 Å². The van der Waals surface area contributed by atoms with Crippen LogP contribution in [0.5, 0.6) is 0 Å². The fraction of sp³-hybridized carbons (Fsp3) is 0.778. The summed E-state index contributed by atoms with van der Waals surface area (Å²) in [7, 11) is -1.24. The molecular formula is C9H15NO5S. The minimum atomic E-state index is -1.24. The molecule has 1 N–H and O–H groups in total. The molecule has 1 heterocycles. The molecule has 1 rings (SSSR count). The molecule has 2 atom stereocenters. The number of nitrogens with zero attached hydrogens (tertiary/aromatic N) is 1. The first kappa shape index (κ1) is 13.0. The molecule has 0 radical (unpaired) electrons. The van der Waals surface area contributed by atoms with E-state index in [9.17, 15) is 13.8 Å². The molecule has 0 saturated carbocycles. The molecular weight excluding hydrogens is 234 g/mol. The predicted molar refractivity (Wildman–Crippen MR) is 57.4 cm³/mol. The Labute approximate surface area is 96.0 Å². The first-order chi connectivity index (χ1) is 7.29. The second kappa shape index (κ2) is 4.40. The van der Waals surface area contributed by atoms with E-state index in [1.807, 2.05) is 0 Å². The Morgan fingerprint density at radius 1 is 1.62 bits per heavy atom. The highest BCUT2D eigenvalue weighted by molar-refractivity contribution is 7.85. The lowest BCUT2D eigenvalue weighted by molar-refractivity contribution is -0.188. The van der Waals surface area contributed by atoms with E-state index in [1.54, 1.807) is 20.8 Å². The quantitative estimate of drug-likeness (QED) is 0.762. The molecule has 2 unspecified atom stereocenters. The summed E-state index contributed by atoms with van der Waals surface area (Å²) < 4.78 is 16.2. The largest absolute Gasteiger partial charge is 0.480 e. The Hall–Kier alpha value is -1.11. The number of carbonyl (C=O) groups excluding carboxylic acids is 1. The minimum Gasteiger partial charge on any atom is -0.480 e. The Morgan fingerprint density at radius 2 is 2.19 bits per heavy atom. The lowest BCUT2D eigenvalue weighted by atomic mass is 10.1. The normalized spacial score (nSPS) is 21.9. The molecule has 92 valence electrons. The highest BCUT2D eigenvalue weighted by Gasteiger charge is 2.52. The van der Waals surface area contributed by atoms with Crippen LogP contribution in [-0.2, 0) is 20.3 Å². The zero-order chi connectivity index (χ0) is 12.5. The van der Waals surface area contributed by atoms with Gasteiger partial charge < -0.3 is 9.84 Å². The van der Waals surface area contributed by atoms with Crippen LogP contribution >= 0.6 is 0 Å². The molecule has 1 aliphatic heterocycles. The van der Waals surface area contributed by atoms with E-state index in [1.165, 1.54) is 0 Å². The third kappa shape index (κ3) is 2.34. The van der Waals surface area contributed by atoms with Crippen LogP contribution in [0, 0.1) is 0 Å². The zero-order valence-corrected chi connectivity index (χ0v) is 10.2. The van der Waals surface area contributed by atoms with Crippen LogP contribution < -0.4 is 0 Å². The van der Waals surface area contributed by atoms with E-state index >= 15 is 0 Å². The standard InChI is InChI=1S/C9H15NO5S/c1-4-16(14)5-6(7(11)12)10-8(13)15-9(10,2)3/h6H,4-5H2,1-3H3,(H,11,12). The second-order valence-corrected chi connectivity index (χ2v) is 5.72. The van der Waals surface area contributed by atoms with Gasteiger partial charge in [-0.2, -0.15) is 0 Å². The maximum absolute atomic E-state index is 11.4. The van der Waals surface area contributed by atoms with Crippen LogP contribution in [-0.4, -0.2) is 49.6 Å². The number of cyclic esters (lactones) is 1. The summed E-state index contributed by atoms with van der Waals surface area (Å²) in [6.07, 6.45) is -0.675. The van der Waals surface area contributed by atoms with Crippen LogP contribution in [0.4, 0.5) is 4.79 Å². The number of carboxylic acids is 1. The molecule has 1 amide bonds. The lowest BCUT2D eigenvalue weighted by Gasteiger charge is -2.48. The van der Waals surface area contributed by atoms with Gasteiger partial charge in [0.25, 0.3) is 0 Å². The maximum Gasteiger partial charge on any atom is 0.415 e. The van der Waals surface area contributed by atoms with Crippen LogP contribution in [0.3, 0.4) is 0 Å². The number of hydrogen-bond donors (Lipinski definition) is 1. The summed E-state index contributed by atoms with van der Waals surface area (Å²) in [5.74, 6) is -0.858. The van der Waals surface area contributed by atoms with Gasteiger partial charge in [0.05, 0.1) is 5.75 Å². The summed E-state index contributed by atoms with van der Waals surface area (Å²) in [6.45, 7) is 4.90. The molecule has 6 nitrogen and oxygen atoms in total. The summed E-state index contributed by atoms with van der Waals surface area (Å²) in [5.41, 5.74) is -0.932. The van der Waals surface area contributed by atoms with Crippen LogP contribution in [0.15, 0.2) is 0 Å². The summed E-state index contributed by atoms with van der Waals surface area (Å²) >= 11 is 0. The van der Waals surface area contributed by atoms with Crippen molar-refractivity contribution in [1.82, 2.24) is 4.90 Å². The van der Waals surface area contributed by atoms with Gasteiger partial charge in [0.2, 0.25) is 0 Å². The van der Waals surface area contributed by atoms with Crippen LogP contribution in [0.1, 0.15) is 20.8 Å². The van der Waals surface area contributed by atoms with Crippen molar-refractivity contribution in [3.05, 3.63) is 0 Å². The highest BCUT2D eigenvalue weighted by Crippen LogP contribution is 2.31. The number of amides is 1.